The number of hydrogen-bond acceptors (Lipinski definition) is 3. The molecule has 1 amide bonds. The number of aromatic amines is 1. The molecule has 1 aliphatic heterocycles. The van der Waals surface area contributed by atoms with Crippen LogP contribution < -0.4 is 0 Å². The van der Waals surface area contributed by atoms with E-state index < -0.39 is 5.60 Å². The number of aryl methyl sites for hydroxylation is 2. The Balaban J connectivity index is 1.62. The number of carbonyl (C=O) groups excluding carboxylic acids is 1. The maximum atomic E-state index is 12.7. The Morgan fingerprint density at radius 2 is 2.08 bits per heavy atom. The molecular weight excluding hydrogens is 326 g/mol. The summed E-state index contributed by atoms with van der Waals surface area (Å²) in [6.07, 6.45) is 2.61. The monoisotopic (exact) mass is 355 g/mol. The number of nitrogens with zero attached hydrogens (tertiary/aromatic N) is 2. The third-order valence-electron chi connectivity index (χ3n) is 5.76. The van der Waals surface area contributed by atoms with E-state index in [-0.39, 0.29) is 11.8 Å². The molecule has 26 heavy (non-hydrogen) atoms. The lowest BCUT2D eigenvalue weighted by atomic mass is 9.78. The smallest absolute Gasteiger partial charge is 0.222 e. The molecule has 1 aromatic carbocycles. The van der Waals surface area contributed by atoms with Crippen molar-refractivity contribution in [1.82, 2.24) is 15.1 Å². The van der Waals surface area contributed by atoms with E-state index in [0.29, 0.717) is 32.4 Å². The average Bonchev–Trinajstić information content (AvgIpc) is 2.93. The Labute approximate surface area is 155 Å². The molecule has 2 N–H and O–H groups in total. The fourth-order valence-electron chi connectivity index (χ4n) is 3.86. The number of carbonyl (C=O) groups is 1. The Morgan fingerprint density at radius 1 is 1.35 bits per heavy atom. The third kappa shape index (κ3) is 4.15. The zero-order valence-electron chi connectivity index (χ0n) is 16.0. The van der Waals surface area contributed by atoms with Gasteiger partial charge in [-0.2, -0.15) is 5.10 Å². The minimum Gasteiger partial charge on any atom is -0.390 e. The van der Waals surface area contributed by atoms with Gasteiger partial charge < -0.3 is 10.0 Å². The van der Waals surface area contributed by atoms with Gasteiger partial charge >= 0.3 is 0 Å². The van der Waals surface area contributed by atoms with Gasteiger partial charge in [0.2, 0.25) is 5.91 Å². The van der Waals surface area contributed by atoms with Gasteiger partial charge in [0.1, 0.15) is 0 Å². The van der Waals surface area contributed by atoms with Crippen LogP contribution in [-0.4, -0.2) is 44.8 Å². The largest absolute Gasteiger partial charge is 0.390 e. The summed E-state index contributed by atoms with van der Waals surface area (Å²) in [5.74, 6) is 0.221. The van der Waals surface area contributed by atoms with E-state index in [1.54, 1.807) is 0 Å². The van der Waals surface area contributed by atoms with Crippen molar-refractivity contribution in [3.05, 3.63) is 52.8 Å². The molecule has 1 aromatic heterocycles. The number of H-pyrrole nitrogens is 1. The second-order valence-corrected chi connectivity index (χ2v) is 7.75. The molecule has 2 atom stereocenters. The Kier molecular flexibility index (Phi) is 5.47. The highest BCUT2D eigenvalue weighted by molar-refractivity contribution is 5.76. The highest BCUT2D eigenvalue weighted by atomic mass is 16.3. The fraction of sp³-hybridized carbons (Fsp3) is 0.524. The van der Waals surface area contributed by atoms with Crippen LogP contribution in [0.25, 0.3) is 0 Å². The van der Waals surface area contributed by atoms with Crippen molar-refractivity contribution in [3.8, 4) is 0 Å². The number of aliphatic hydroxyl groups is 1. The van der Waals surface area contributed by atoms with Crippen molar-refractivity contribution in [3.63, 3.8) is 0 Å². The van der Waals surface area contributed by atoms with E-state index >= 15 is 0 Å². The van der Waals surface area contributed by atoms with Crippen molar-refractivity contribution in [1.29, 1.82) is 0 Å². The van der Waals surface area contributed by atoms with Crippen LogP contribution in [0, 0.1) is 19.8 Å². The van der Waals surface area contributed by atoms with Gasteiger partial charge in [-0.1, -0.05) is 30.3 Å². The topological polar surface area (TPSA) is 69.2 Å². The molecular formula is C21H29N3O2. The van der Waals surface area contributed by atoms with Gasteiger partial charge in [-0.25, -0.2) is 0 Å². The summed E-state index contributed by atoms with van der Waals surface area (Å²) in [4.78, 5) is 14.7. The first kappa shape index (κ1) is 18.6. The Hall–Kier alpha value is -2.14. The summed E-state index contributed by atoms with van der Waals surface area (Å²) in [6.45, 7) is 7.11. The summed E-state index contributed by atoms with van der Waals surface area (Å²) in [5.41, 5.74) is 3.63. The van der Waals surface area contributed by atoms with Crippen LogP contribution in [0.1, 0.15) is 42.3 Å². The van der Waals surface area contributed by atoms with E-state index in [4.69, 9.17) is 0 Å². The number of nitrogens with one attached hydrogen (secondary N) is 1. The molecule has 0 bridgehead atoms. The summed E-state index contributed by atoms with van der Waals surface area (Å²) < 4.78 is 0. The maximum Gasteiger partial charge on any atom is 0.222 e. The minimum atomic E-state index is -0.732. The summed E-state index contributed by atoms with van der Waals surface area (Å²) in [6, 6.07) is 10.2. The van der Waals surface area contributed by atoms with Crippen molar-refractivity contribution in [2.75, 3.05) is 13.1 Å². The lowest BCUT2D eigenvalue weighted by Gasteiger charge is -2.43. The van der Waals surface area contributed by atoms with E-state index in [0.717, 1.165) is 23.4 Å². The maximum absolute atomic E-state index is 12.7. The predicted octanol–water partition coefficient (Wildman–Crippen LogP) is 2.80. The molecule has 1 fully saturated rings. The van der Waals surface area contributed by atoms with Gasteiger partial charge in [0, 0.05) is 31.1 Å². The molecule has 5 heteroatoms. The Bertz CT molecular complexity index is 732. The van der Waals surface area contributed by atoms with Crippen molar-refractivity contribution >= 4 is 5.91 Å². The molecule has 2 heterocycles. The fourth-order valence-corrected chi connectivity index (χ4v) is 3.86. The molecule has 3 rings (SSSR count). The molecule has 2 aromatic rings. The first-order chi connectivity index (χ1) is 12.4. The number of hydrogen-bond donors (Lipinski definition) is 2. The number of aromatic nitrogens is 2. The first-order valence-corrected chi connectivity index (χ1v) is 9.41. The quantitative estimate of drug-likeness (QED) is 0.866. The van der Waals surface area contributed by atoms with Crippen LogP contribution in [0.2, 0.25) is 0 Å². The molecule has 1 saturated heterocycles. The summed E-state index contributed by atoms with van der Waals surface area (Å²) in [5, 5.41) is 18.0. The number of piperidine rings is 1. The number of amides is 1. The zero-order chi connectivity index (χ0) is 18.7. The summed E-state index contributed by atoms with van der Waals surface area (Å²) in [7, 11) is 0. The molecule has 140 valence electrons. The van der Waals surface area contributed by atoms with Gasteiger partial charge in [-0.15, -0.1) is 0 Å². The molecule has 0 spiro atoms. The zero-order valence-corrected chi connectivity index (χ0v) is 16.0. The van der Waals surface area contributed by atoms with Gasteiger partial charge in [0.15, 0.2) is 0 Å². The van der Waals surface area contributed by atoms with E-state index in [9.17, 15) is 9.90 Å². The van der Waals surface area contributed by atoms with Crippen LogP contribution in [-0.2, 0) is 17.6 Å². The van der Waals surface area contributed by atoms with Gasteiger partial charge in [0.05, 0.1) is 11.3 Å². The number of benzene rings is 1. The SMILES string of the molecule is Cc1n[nH]c(C)c1CCC(=O)N1CC[C@@](C)(O)[C@@H](Cc2ccccc2)C1. The number of likely N-dealkylation sites (tertiary alicyclic amines) is 1. The van der Waals surface area contributed by atoms with Crippen LogP contribution in [0.4, 0.5) is 0 Å². The second-order valence-electron chi connectivity index (χ2n) is 7.75. The molecule has 0 saturated carbocycles. The van der Waals surface area contributed by atoms with Crippen LogP contribution in [0.5, 0.6) is 0 Å². The highest BCUT2D eigenvalue weighted by Gasteiger charge is 2.38. The average molecular weight is 355 g/mol. The number of rotatable bonds is 5. The van der Waals surface area contributed by atoms with Gasteiger partial charge in [0.25, 0.3) is 0 Å². The predicted molar refractivity (Wildman–Crippen MR) is 102 cm³/mol. The lowest BCUT2D eigenvalue weighted by Crippen LogP contribution is -2.52. The minimum absolute atomic E-state index is 0.0556. The Morgan fingerprint density at radius 3 is 2.73 bits per heavy atom. The van der Waals surface area contributed by atoms with Crippen molar-refractivity contribution < 1.29 is 9.90 Å². The molecule has 0 aliphatic carbocycles. The van der Waals surface area contributed by atoms with Crippen molar-refractivity contribution in [2.45, 2.75) is 52.1 Å². The second kappa shape index (κ2) is 7.62. The standard InChI is InChI=1S/C21H29N3O2/c1-15-19(16(2)23-22-15)9-10-20(25)24-12-11-21(3,26)18(14-24)13-17-7-5-4-6-8-17/h4-8,18,26H,9-14H2,1-3H3,(H,22,23)/t18-,21+/m0/s1. The van der Waals surface area contributed by atoms with E-state index in [1.165, 1.54) is 5.56 Å². The van der Waals surface area contributed by atoms with E-state index in [2.05, 4.69) is 22.3 Å². The lowest BCUT2D eigenvalue weighted by molar-refractivity contribution is -0.138. The molecule has 0 radical (unpaired) electrons. The third-order valence-corrected chi connectivity index (χ3v) is 5.76. The van der Waals surface area contributed by atoms with Crippen LogP contribution in [0.3, 0.4) is 0 Å². The first-order valence-electron chi connectivity index (χ1n) is 9.41. The summed E-state index contributed by atoms with van der Waals surface area (Å²) >= 11 is 0. The van der Waals surface area contributed by atoms with Gasteiger partial charge in [-0.3, -0.25) is 9.89 Å². The van der Waals surface area contributed by atoms with Crippen LogP contribution >= 0.6 is 0 Å². The van der Waals surface area contributed by atoms with Crippen molar-refractivity contribution in [2.24, 2.45) is 5.92 Å². The van der Waals surface area contributed by atoms with Crippen LogP contribution in [0.15, 0.2) is 30.3 Å². The molecule has 0 unspecified atom stereocenters. The highest BCUT2D eigenvalue weighted by Crippen LogP contribution is 2.31. The molecule has 1 aliphatic rings. The van der Waals surface area contributed by atoms with Gasteiger partial charge in [-0.05, 0) is 51.2 Å². The molecule has 5 nitrogen and oxygen atoms in total. The normalized spacial score (nSPS) is 23.2. The van der Waals surface area contributed by atoms with E-state index in [1.807, 2.05) is 43.9 Å².